The van der Waals surface area contributed by atoms with Gasteiger partial charge < -0.3 is 4.74 Å². The summed E-state index contributed by atoms with van der Waals surface area (Å²) < 4.78 is 5.37. The van der Waals surface area contributed by atoms with E-state index in [1.165, 1.54) is 0 Å². The summed E-state index contributed by atoms with van der Waals surface area (Å²) in [6.45, 7) is 4.24. The van der Waals surface area contributed by atoms with E-state index in [1.807, 2.05) is 56.3 Å². The van der Waals surface area contributed by atoms with Crippen molar-refractivity contribution in [2.24, 2.45) is 10.9 Å². The second-order valence-electron chi connectivity index (χ2n) is 6.34. The number of rotatable bonds is 3. The van der Waals surface area contributed by atoms with Crippen LogP contribution in [0, 0.1) is 5.92 Å². The van der Waals surface area contributed by atoms with E-state index in [0.29, 0.717) is 11.6 Å². The minimum Gasteiger partial charge on any atom is -0.466 e. The average molecular weight is 340 g/mol. The molecule has 1 fully saturated rings. The first-order valence-corrected chi connectivity index (χ1v) is 8.55. The molecule has 2 aliphatic rings. The van der Waals surface area contributed by atoms with Gasteiger partial charge >= 0.3 is 5.97 Å². The van der Waals surface area contributed by atoms with E-state index in [2.05, 4.69) is 6.07 Å². The molecule has 3 nitrogen and oxygen atoms in total. The zero-order valence-electron chi connectivity index (χ0n) is 13.6. The summed E-state index contributed by atoms with van der Waals surface area (Å²) in [6, 6.07) is 15.8. The number of esters is 1. The maximum absolute atomic E-state index is 12.7. The highest BCUT2D eigenvalue weighted by Gasteiger charge is 2.73. The Labute approximate surface area is 146 Å². The van der Waals surface area contributed by atoms with Crippen LogP contribution in [0.2, 0.25) is 5.02 Å². The van der Waals surface area contributed by atoms with Gasteiger partial charge in [-0.25, -0.2) is 0 Å². The summed E-state index contributed by atoms with van der Waals surface area (Å²) in [6.07, 6.45) is 0. The van der Waals surface area contributed by atoms with E-state index in [0.717, 1.165) is 22.5 Å². The Balaban J connectivity index is 1.85. The highest BCUT2D eigenvalue weighted by atomic mass is 35.5. The molecule has 2 aromatic carbocycles. The van der Waals surface area contributed by atoms with Crippen molar-refractivity contribution in [2.75, 3.05) is 6.61 Å². The van der Waals surface area contributed by atoms with Crippen molar-refractivity contribution in [1.29, 1.82) is 0 Å². The SMILES string of the molecule is CCOC(=O)C1C(c2ccc(Cl)cc2)C12C(C)=Nc1ccccc12. The minimum atomic E-state index is -0.378. The van der Waals surface area contributed by atoms with E-state index in [9.17, 15) is 4.79 Å². The Kier molecular flexibility index (Phi) is 3.50. The molecule has 1 saturated carbocycles. The zero-order valence-corrected chi connectivity index (χ0v) is 14.4. The van der Waals surface area contributed by atoms with Crippen LogP contribution in [-0.2, 0) is 14.9 Å². The molecule has 0 amide bonds. The number of benzene rings is 2. The van der Waals surface area contributed by atoms with Crippen LogP contribution >= 0.6 is 11.6 Å². The van der Waals surface area contributed by atoms with Crippen LogP contribution in [0.1, 0.15) is 30.9 Å². The standard InChI is InChI=1S/C20H18ClNO2/c1-3-24-19(23)18-17(13-8-10-14(21)11-9-13)20(18)12(2)22-16-7-5-4-6-15(16)20/h4-11,17-18H,3H2,1-2H3. The number of carbonyl (C=O) groups is 1. The van der Waals surface area contributed by atoms with E-state index < -0.39 is 0 Å². The Morgan fingerprint density at radius 2 is 1.92 bits per heavy atom. The maximum atomic E-state index is 12.7. The Hall–Kier alpha value is -2.13. The summed E-state index contributed by atoms with van der Waals surface area (Å²) in [7, 11) is 0. The fraction of sp³-hybridized carbons (Fsp3) is 0.300. The predicted molar refractivity (Wildman–Crippen MR) is 95.2 cm³/mol. The fourth-order valence-electron chi connectivity index (χ4n) is 4.24. The van der Waals surface area contributed by atoms with Crippen LogP contribution < -0.4 is 0 Å². The van der Waals surface area contributed by atoms with E-state index in [1.54, 1.807) is 0 Å². The molecule has 1 spiro atoms. The summed E-state index contributed by atoms with van der Waals surface area (Å²) in [5.74, 6) is -0.337. The molecule has 1 aliphatic carbocycles. The lowest BCUT2D eigenvalue weighted by Gasteiger charge is -2.13. The normalized spacial score (nSPS) is 26.9. The van der Waals surface area contributed by atoms with Crippen LogP contribution in [0.15, 0.2) is 53.5 Å². The molecule has 24 heavy (non-hydrogen) atoms. The monoisotopic (exact) mass is 339 g/mol. The number of hydrogen-bond acceptors (Lipinski definition) is 3. The fourth-order valence-corrected chi connectivity index (χ4v) is 4.37. The molecule has 4 rings (SSSR count). The molecule has 1 aliphatic heterocycles. The van der Waals surface area contributed by atoms with Gasteiger partial charge in [-0.1, -0.05) is 41.9 Å². The molecule has 3 unspecified atom stereocenters. The maximum Gasteiger partial charge on any atom is 0.310 e. The van der Waals surface area contributed by atoms with Gasteiger partial charge in [0.25, 0.3) is 0 Å². The molecule has 2 aromatic rings. The van der Waals surface area contributed by atoms with Gasteiger partial charge in [-0.05, 0) is 43.2 Å². The van der Waals surface area contributed by atoms with E-state index in [4.69, 9.17) is 21.3 Å². The molecular weight excluding hydrogens is 322 g/mol. The largest absolute Gasteiger partial charge is 0.466 e. The molecular formula is C20H18ClNO2. The minimum absolute atomic E-state index is 0.0428. The number of para-hydroxylation sites is 1. The van der Waals surface area contributed by atoms with Crippen LogP contribution in [0.5, 0.6) is 0 Å². The van der Waals surface area contributed by atoms with Crippen molar-refractivity contribution in [1.82, 2.24) is 0 Å². The average Bonchev–Trinajstić information content (AvgIpc) is 3.19. The van der Waals surface area contributed by atoms with Crippen molar-refractivity contribution >= 4 is 29.0 Å². The van der Waals surface area contributed by atoms with E-state index in [-0.39, 0.29) is 23.2 Å². The first-order chi connectivity index (χ1) is 11.6. The molecule has 0 radical (unpaired) electrons. The molecule has 0 N–H and O–H groups in total. The van der Waals surface area contributed by atoms with Crippen molar-refractivity contribution in [2.45, 2.75) is 25.2 Å². The summed E-state index contributed by atoms with van der Waals surface area (Å²) in [4.78, 5) is 17.4. The summed E-state index contributed by atoms with van der Waals surface area (Å²) in [5, 5.41) is 0.693. The third kappa shape index (κ3) is 1.97. The number of carbonyl (C=O) groups excluding carboxylic acids is 1. The first kappa shape index (κ1) is 15.4. The van der Waals surface area contributed by atoms with Crippen molar-refractivity contribution in [3.8, 4) is 0 Å². The number of hydrogen-bond donors (Lipinski definition) is 0. The molecule has 0 bridgehead atoms. The quantitative estimate of drug-likeness (QED) is 0.763. The van der Waals surface area contributed by atoms with Crippen LogP contribution in [-0.4, -0.2) is 18.3 Å². The highest BCUT2D eigenvalue weighted by molar-refractivity contribution is 6.30. The molecule has 122 valence electrons. The molecule has 4 heteroatoms. The first-order valence-electron chi connectivity index (χ1n) is 8.18. The highest BCUT2D eigenvalue weighted by Crippen LogP contribution is 2.70. The molecule has 0 saturated heterocycles. The van der Waals surface area contributed by atoms with Crippen molar-refractivity contribution < 1.29 is 9.53 Å². The third-order valence-corrected chi connectivity index (χ3v) is 5.46. The topological polar surface area (TPSA) is 38.7 Å². The Bertz CT molecular complexity index is 843. The summed E-state index contributed by atoms with van der Waals surface area (Å²) >= 11 is 6.03. The van der Waals surface area contributed by atoms with Crippen LogP contribution in [0.25, 0.3) is 0 Å². The number of ether oxygens (including phenoxy) is 1. The zero-order chi connectivity index (χ0) is 16.9. The lowest BCUT2D eigenvalue weighted by molar-refractivity contribution is -0.145. The van der Waals surface area contributed by atoms with Crippen LogP contribution in [0.3, 0.4) is 0 Å². The van der Waals surface area contributed by atoms with Gasteiger partial charge in [-0.3, -0.25) is 9.79 Å². The number of fused-ring (bicyclic) bond motifs is 2. The second-order valence-corrected chi connectivity index (χ2v) is 6.78. The number of aliphatic imine (C=N–C) groups is 1. The smallest absolute Gasteiger partial charge is 0.310 e. The van der Waals surface area contributed by atoms with Gasteiger partial charge in [-0.15, -0.1) is 0 Å². The lowest BCUT2D eigenvalue weighted by Crippen LogP contribution is -2.22. The van der Waals surface area contributed by atoms with Gasteiger partial charge in [0.15, 0.2) is 0 Å². The van der Waals surface area contributed by atoms with Gasteiger partial charge in [0, 0.05) is 16.7 Å². The van der Waals surface area contributed by atoms with Crippen molar-refractivity contribution in [3.63, 3.8) is 0 Å². The summed E-state index contributed by atoms with van der Waals surface area (Å²) in [5.41, 5.74) is 3.79. The van der Waals surface area contributed by atoms with Gasteiger partial charge in [0.05, 0.1) is 23.6 Å². The van der Waals surface area contributed by atoms with E-state index >= 15 is 0 Å². The lowest BCUT2D eigenvalue weighted by atomic mass is 9.87. The van der Waals surface area contributed by atoms with Crippen LogP contribution in [0.4, 0.5) is 5.69 Å². The Morgan fingerprint density at radius 1 is 1.21 bits per heavy atom. The van der Waals surface area contributed by atoms with Gasteiger partial charge in [0.2, 0.25) is 0 Å². The predicted octanol–water partition coefficient (Wildman–Crippen LogP) is 4.66. The Morgan fingerprint density at radius 3 is 2.62 bits per heavy atom. The third-order valence-electron chi connectivity index (χ3n) is 5.21. The second kappa shape index (κ2) is 5.45. The molecule has 0 aromatic heterocycles. The number of nitrogens with zero attached hydrogens (tertiary/aromatic N) is 1. The molecule has 1 heterocycles. The van der Waals surface area contributed by atoms with Crippen molar-refractivity contribution in [3.05, 3.63) is 64.7 Å². The number of halogens is 1. The van der Waals surface area contributed by atoms with Gasteiger partial charge in [0.1, 0.15) is 0 Å². The van der Waals surface area contributed by atoms with Gasteiger partial charge in [-0.2, -0.15) is 0 Å². The molecule has 3 atom stereocenters.